The largest absolute Gasteiger partial charge is 0.467 e. The molecule has 0 radical (unpaired) electrons. The van der Waals surface area contributed by atoms with Crippen molar-refractivity contribution in [3.63, 3.8) is 0 Å². The van der Waals surface area contributed by atoms with E-state index in [4.69, 9.17) is 22.1 Å². The Hall–Kier alpha value is -3.44. The number of halogens is 5. The van der Waals surface area contributed by atoms with Crippen molar-refractivity contribution in [2.24, 2.45) is 0 Å². The number of alkyl halides is 2. The van der Waals surface area contributed by atoms with Gasteiger partial charge in [-0.3, -0.25) is 4.90 Å². The summed E-state index contributed by atoms with van der Waals surface area (Å²) in [4.78, 5) is 10.8. The summed E-state index contributed by atoms with van der Waals surface area (Å²) >= 11 is 7.48. The molecule has 2 aromatic carbocycles. The predicted octanol–water partition coefficient (Wildman–Crippen LogP) is 6.60. The van der Waals surface area contributed by atoms with Gasteiger partial charge in [0.05, 0.1) is 22.4 Å². The van der Waals surface area contributed by atoms with E-state index in [1.54, 1.807) is 6.92 Å². The number of benzene rings is 2. The molecule has 2 aromatic heterocycles. The van der Waals surface area contributed by atoms with E-state index in [2.05, 4.69) is 25.5 Å². The van der Waals surface area contributed by atoms with Crippen molar-refractivity contribution in [3.8, 4) is 23.2 Å². The van der Waals surface area contributed by atoms with Gasteiger partial charge in [-0.2, -0.15) is 15.2 Å². The van der Waals surface area contributed by atoms with Crippen LogP contribution < -0.4 is 21.1 Å². The van der Waals surface area contributed by atoms with E-state index in [0.717, 1.165) is 24.3 Å². The third-order valence-electron chi connectivity index (χ3n) is 8.77. The van der Waals surface area contributed by atoms with Gasteiger partial charge in [0, 0.05) is 47.6 Å². The van der Waals surface area contributed by atoms with E-state index >= 15 is 4.39 Å². The number of fused-ring (bicyclic) bond motifs is 3. The SMILES string of the molecule is COc1nc(NCC2CC(F)C(C)N2)c2cc(Cl)c(-c3ccc(F)c4sc(N)c(C#N)c34)c(F)c2n1.FC1CC2CCCN2C1. The second-order valence-electron chi connectivity index (χ2n) is 11.7. The Labute approximate surface area is 266 Å². The first-order valence-corrected chi connectivity index (χ1v) is 16.0. The Morgan fingerprint density at radius 1 is 1.27 bits per heavy atom. The molecule has 0 aliphatic carbocycles. The number of hydrogen-bond donors (Lipinski definition) is 3. The zero-order chi connectivity index (χ0) is 32.0. The number of hydrogen-bond acceptors (Lipinski definition) is 9. The van der Waals surface area contributed by atoms with Crippen molar-refractivity contribution < 1.29 is 22.3 Å². The van der Waals surface area contributed by atoms with Crippen LogP contribution in [0.1, 0.15) is 38.2 Å². The van der Waals surface area contributed by atoms with E-state index in [1.165, 1.54) is 38.2 Å². The highest BCUT2D eigenvalue weighted by Crippen LogP contribution is 2.45. The molecule has 3 fully saturated rings. The van der Waals surface area contributed by atoms with Gasteiger partial charge >= 0.3 is 6.01 Å². The molecular weight excluding hydrogens is 630 g/mol. The first-order chi connectivity index (χ1) is 21.6. The van der Waals surface area contributed by atoms with Crippen molar-refractivity contribution >= 4 is 54.7 Å². The fourth-order valence-corrected chi connectivity index (χ4v) is 7.81. The monoisotopic (exact) mass is 661 g/mol. The maximum atomic E-state index is 16.1. The lowest BCUT2D eigenvalue weighted by Crippen LogP contribution is -2.34. The number of methoxy groups -OCH3 is 1. The number of nitrogens with zero attached hydrogens (tertiary/aromatic N) is 4. The summed E-state index contributed by atoms with van der Waals surface area (Å²) in [6, 6.07) is 6.12. The molecule has 8 nitrogen and oxygen atoms in total. The number of rotatable bonds is 5. The Bertz CT molecular complexity index is 1780. The molecule has 7 rings (SSSR count). The molecule has 0 saturated carbocycles. The second-order valence-corrected chi connectivity index (χ2v) is 13.1. The quantitative estimate of drug-likeness (QED) is 0.205. The minimum atomic E-state index is -0.958. The summed E-state index contributed by atoms with van der Waals surface area (Å²) in [6.07, 6.45) is 2.19. The maximum Gasteiger partial charge on any atom is 0.318 e. The van der Waals surface area contributed by atoms with Crippen LogP contribution in [0.25, 0.3) is 32.1 Å². The molecule has 238 valence electrons. The smallest absolute Gasteiger partial charge is 0.318 e. The van der Waals surface area contributed by atoms with Gasteiger partial charge in [0.15, 0.2) is 5.82 Å². The van der Waals surface area contributed by atoms with Gasteiger partial charge in [-0.25, -0.2) is 17.6 Å². The topological polar surface area (TPSA) is 112 Å². The van der Waals surface area contributed by atoms with Crippen LogP contribution in [0.2, 0.25) is 5.02 Å². The fraction of sp³-hybridized carbons (Fsp3) is 0.452. The molecule has 45 heavy (non-hydrogen) atoms. The number of nitrogens with two attached hydrogens (primary N) is 1. The first-order valence-electron chi connectivity index (χ1n) is 14.8. The summed E-state index contributed by atoms with van der Waals surface area (Å²) in [7, 11) is 1.35. The van der Waals surface area contributed by atoms with Gasteiger partial charge < -0.3 is 21.1 Å². The molecule has 0 bridgehead atoms. The molecule has 4 N–H and O–H groups in total. The number of aromatic nitrogens is 2. The first kappa shape index (κ1) is 31.5. The van der Waals surface area contributed by atoms with Crippen LogP contribution in [0.15, 0.2) is 18.2 Å². The summed E-state index contributed by atoms with van der Waals surface area (Å²) < 4.78 is 62.5. The van der Waals surface area contributed by atoms with E-state index in [-0.39, 0.29) is 71.6 Å². The third-order valence-corrected chi connectivity index (χ3v) is 10.1. The molecule has 3 aliphatic heterocycles. The van der Waals surface area contributed by atoms with E-state index in [0.29, 0.717) is 25.6 Å². The zero-order valence-electron chi connectivity index (χ0n) is 24.6. The molecule has 5 heterocycles. The van der Waals surface area contributed by atoms with Gasteiger partial charge in [-0.15, -0.1) is 11.3 Å². The van der Waals surface area contributed by atoms with Crippen LogP contribution in [0.5, 0.6) is 6.01 Å². The van der Waals surface area contributed by atoms with Crippen LogP contribution >= 0.6 is 22.9 Å². The highest BCUT2D eigenvalue weighted by molar-refractivity contribution is 7.23. The minimum Gasteiger partial charge on any atom is -0.467 e. The molecule has 0 amide bonds. The molecule has 3 saturated heterocycles. The lowest BCUT2D eigenvalue weighted by atomic mass is 9.97. The highest BCUT2D eigenvalue weighted by atomic mass is 35.5. The Balaban J connectivity index is 0.000000337. The van der Waals surface area contributed by atoms with Crippen molar-refractivity contribution in [1.82, 2.24) is 20.2 Å². The van der Waals surface area contributed by atoms with Gasteiger partial charge in [0.2, 0.25) is 0 Å². The van der Waals surface area contributed by atoms with Crippen molar-refractivity contribution in [3.05, 3.63) is 40.4 Å². The number of nitrogen functional groups attached to an aromatic ring is 1. The zero-order valence-corrected chi connectivity index (χ0v) is 26.2. The van der Waals surface area contributed by atoms with Crippen molar-refractivity contribution in [2.75, 3.05) is 37.8 Å². The molecular formula is C31H32ClF4N7OS. The third kappa shape index (κ3) is 5.96. The molecule has 5 atom stereocenters. The Kier molecular flexibility index (Phi) is 8.94. The van der Waals surface area contributed by atoms with Crippen LogP contribution in [0, 0.1) is 23.0 Å². The number of anilines is 2. The Morgan fingerprint density at radius 2 is 2.07 bits per heavy atom. The van der Waals surface area contributed by atoms with Gasteiger partial charge in [0.1, 0.15) is 40.6 Å². The number of ether oxygens (including phenoxy) is 1. The maximum absolute atomic E-state index is 16.1. The van der Waals surface area contributed by atoms with Crippen molar-refractivity contribution in [1.29, 1.82) is 5.26 Å². The summed E-state index contributed by atoms with van der Waals surface area (Å²) in [5.41, 5.74) is 6.06. The summed E-state index contributed by atoms with van der Waals surface area (Å²) in [5.74, 6) is -1.10. The van der Waals surface area contributed by atoms with Gasteiger partial charge in [-0.05, 0) is 56.8 Å². The van der Waals surface area contributed by atoms with Crippen LogP contribution in [-0.4, -0.2) is 72.1 Å². The lowest BCUT2D eigenvalue weighted by Gasteiger charge is -2.16. The van der Waals surface area contributed by atoms with E-state index in [9.17, 15) is 18.4 Å². The lowest BCUT2D eigenvalue weighted by molar-refractivity contribution is 0.292. The number of nitriles is 1. The molecule has 5 unspecified atom stereocenters. The molecule has 14 heteroatoms. The average molecular weight is 662 g/mol. The standard InChI is InChI=1S/C24H20ClF3N6OS.C7H12FN/c1-9-16(27)5-10(32-9)8-31-23-12-6-14(25)18(19(28)20(12)33-24(34-23)35-2)11-3-4-15(26)21-17(11)13(7-29)22(30)36-21;8-6-4-7-2-1-3-9(7)5-6/h3-4,6,9-10,16,32H,5,8,30H2,1-2H3,(H,31,33,34);6-7H,1-5H2. The Morgan fingerprint density at radius 3 is 2.76 bits per heavy atom. The minimum absolute atomic E-state index is 0.00909. The second kappa shape index (κ2) is 12.7. The number of nitrogens with one attached hydrogen (secondary N) is 2. The summed E-state index contributed by atoms with van der Waals surface area (Å²) in [6.45, 7) is 3.96. The van der Waals surface area contributed by atoms with Crippen LogP contribution in [0.3, 0.4) is 0 Å². The fourth-order valence-electron chi connectivity index (χ4n) is 6.57. The van der Waals surface area contributed by atoms with Crippen LogP contribution in [-0.2, 0) is 0 Å². The number of thiophene rings is 1. The van der Waals surface area contributed by atoms with Gasteiger partial charge in [0.25, 0.3) is 0 Å². The average Bonchev–Trinajstić information content (AvgIpc) is 3.76. The summed E-state index contributed by atoms with van der Waals surface area (Å²) in [5, 5.41) is 16.5. The molecule has 0 spiro atoms. The van der Waals surface area contributed by atoms with Crippen molar-refractivity contribution in [2.45, 2.75) is 63.1 Å². The van der Waals surface area contributed by atoms with E-state index < -0.39 is 24.0 Å². The van der Waals surface area contributed by atoms with Crippen LogP contribution in [0.4, 0.5) is 28.4 Å². The molecule has 3 aliphatic rings. The van der Waals surface area contributed by atoms with E-state index in [1.807, 2.05) is 6.07 Å². The normalized spacial score (nSPS) is 24.4. The highest BCUT2D eigenvalue weighted by Gasteiger charge is 2.35. The predicted molar refractivity (Wildman–Crippen MR) is 169 cm³/mol. The molecule has 4 aromatic rings. The van der Waals surface area contributed by atoms with Gasteiger partial charge in [-0.1, -0.05) is 17.7 Å².